The second-order valence-corrected chi connectivity index (χ2v) is 7.78. The van der Waals surface area contributed by atoms with E-state index in [4.69, 9.17) is 12.2 Å². The number of thioether (sulfide) groups is 1. The van der Waals surface area contributed by atoms with Crippen LogP contribution in [0.15, 0.2) is 52.2 Å². The largest absolute Gasteiger partial charge is 0.345 e. The molecule has 2 heterocycles. The number of hydrogen-bond acceptors (Lipinski definition) is 4. The molecule has 0 radical (unpaired) electrons. The smallest absolute Gasteiger partial charge is 0.261 e. The van der Waals surface area contributed by atoms with E-state index in [1.807, 2.05) is 23.9 Å². The van der Waals surface area contributed by atoms with Gasteiger partial charge in [-0.2, -0.15) is 0 Å². The second kappa shape index (κ2) is 6.74. The lowest BCUT2D eigenvalue weighted by molar-refractivity contribution is 0.0935. The SMILES string of the molecule is Cn1c(=S)[nH]c2cc(C(=O)NC3CCSc4ccccc43)ccc2c1=O. The molecule has 3 aromatic rings. The van der Waals surface area contributed by atoms with Crippen LogP contribution in [-0.2, 0) is 7.05 Å². The summed E-state index contributed by atoms with van der Waals surface area (Å²) in [5.41, 5.74) is 2.07. The second-order valence-electron chi connectivity index (χ2n) is 6.26. The molecule has 0 saturated carbocycles. The van der Waals surface area contributed by atoms with Crippen molar-refractivity contribution in [3.8, 4) is 0 Å². The number of carbonyl (C=O) groups is 1. The highest BCUT2D eigenvalue weighted by Crippen LogP contribution is 2.35. The molecule has 0 saturated heterocycles. The highest BCUT2D eigenvalue weighted by atomic mass is 32.2. The molecule has 1 aromatic heterocycles. The number of aromatic nitrogens is 2. The van der Waals surface area contributed by atoms with Crippen LogP contribution in [0.3, 0.4) is 0 Å². The van der Waals surface area contributed by atoms with Crippen molar-refractivity contribution in [2.75, 3.05) is 5.75 Å². The predicted octanol–water partition coefficient (Wildman–Crippen LogP) is 3.56. The molecule has 2 aromatic carbocycles. The van der Waals surface area contributed by atoms with Crippen LogP contribution < -0.4 is 10.9 Å². The van der Waals surface area contributed by atoms with Gasteiger partial charge in [0.1, 0.15) is 0 Å². The summed E-state index contributed by atoms with van der Waals surface area (Å²) < 4.78 is 1.71. The first-order valence-electron chi connectivity index (χ1n) is 8.30. The highest BCUT2D eigenvalue weighted by Gasteiger charge is 2.22. The normalized spacial score (nSPS) is 16.3. The number of aromatic amines is 1. The van der Waals surface area contributed by atoms with Crippen LogP contribution in [0.1, 0.15) is 28.4 Å². The van der Waals surface area contributed by atoms with Gasteiger partial charge in [-0.25, -0.2) is 0 Å². The van der Waals surface area contributed by atoms with Crippen molar-refractivity contribution >= 4 is 40.8 Å². The van der Waals surface area contributed by atoms with Crippen LogP contribution in [0.5, 0.6) is 0 Å². The van der Waals surface area contributed by atoms with Crippen molar-refractivity contribution in [2.45, 2.75) is 17.4 Å². The Kier molecular flexibility index (Phi) is 4.42. The molecule has 4 rings (SSSR count). The lowest BCUT2D eigenvalue weighted by atomic mass is 10.0. The summed E-state index contributed by atoms with van der Waals surface area (Å²) in [6.45, 7) is 0. The molecular weight excluding hydrogens is 366 g/mol. The number of amides is 1. The van der Waals surface area contributed by atoms with Gasteiger partial charge in [0.25, 0.3) is 11.5 Å². The number of benzene rings is 2. The Hall–Kier alpha value is -2.38. The molecule has 5 nitrogen and oxygen atoms in total. The Morgan fingerprint density at radius 1 is 1.31 bits per heavy atom. The number of fused-ring (bicyclic) bond motifs is 2. The quantitative estimate of drug-likeness (QED) is 0.664. The summed E-state index contributed by atoms with van der Waals surface area (Å²) >= 11 is 6.97. The zero-order valence-corrected chi connectivity index (χ0v) is 15.7. The maximum atomic E-state index is 12.8. The van der Waals surface area contributed by atoms with Crippen LogP contribution in [-0.4, -0.2) is 21.2 Å². The zero-order chi connectivity index (χ0) is 18.3. The van der Waals surface area contributed by atoms with E-state index in [1.54, 1.807) is 25.2 Å². The summed E-state index contributed by atoms with van der Waals surface area (Å²) in [6, 6.07) is 13.2. The van der Waals surface area contributed by atoms with Gasteiger partial charge in [0, 0.05) is 23.3 Å². The van der Waals surface area contributed by atoms with Crippen LogP contribution in [0.2, 0.25) is 0 Å². The number of nitrogens with zero attached hydrogens (tertiary/aromatic N) is 1. The fourth-order valence-electron chi connectivity index (χ4n) is 3.18. The zero-order valence-electron chi connectivity index (χ0n) is 14.1. The van der Waals surface area contributed by atoms with E-state index in [1.165, 1.54) is 9.46 Å². The van der Waals surface area contributed by atoms with Gasteiger partial charge in [0.05, 0.1) is 16.9 Å². The van der Waals surface area contributed by atoms with Gasteiger partial charge in [-0.3, -0.25) is 14.2 Å². The van der Waals surface area contributed by atoms with Crippen molar-refractivity contribution in [1.82, 2.24) is 14.9 Å². The van der Waals surface area contributed by atoms with Gasteiger partial charge in [0.2, 0.25) is 0 Å². The van der Waals surface area contributed by atoms with Gasteiger partial charge in [-0.15, -0.1) is 11.8 Å². The number of H-pyrrole nitrogens is 1. The third-order valence-electron chi connectivity index (χ3n) is 4.63. The Morgan fingerprint density at radius 2 is 2.12 bits per heavy atom. The van der Waals surface area contributed by atoms with Gasteiger partial charge >= 0.3 is 0 Å². The third-order valence-corrected chi connectivity index (χ3v) is 6.13. The average Bonchev–Trinajstić information content (AvgIpc) is 2.66. The number of nitrogens with one attached hydrogen (secondary N) is 2. The minimum atomic E-state index is -0.172. The summed E-state index contributed by atoms with van der Waals surface area (Å²) in [4.78, 5) is 29.2. The lowest BCUT2D eigenvalue weighted by Gasteiger charge is -2.25. The van der Waals surface area contributed by atoms with E-state index in [0.717, 1.165) is 17.7 Å². The maximum absolute atomic E-state index is 12.8. The number of hydrogen-bond donors (Lipinski definition) is 2. The summed E-state index contributed by atoms with van der Waals surface area (Å²) in [6.07, 6.45) is 0.893. The van der Waals surface area contributed by atoms with Crippen LogP contribution in [0, 0.1) is 4.77 Å². The highest BCUT2D eigenvalue weighted by molar-refractivity contribution is 7.99. The molecular formula is C19H17N3O2S2. The molecule has 1 atom stereocenters. The molecule has 0 fully saturated rings. The van der Waals surface area contributed by atoms with E-state index >= 15 is 0 Å². The molecule has 0 aliphatic carbocycles. The molecule has 1 unspecified atom stereocenters. The molecule has 26 heavy (non-hydrogen) atoms. The standard InChI is InChI=1S/C19H17N3O2S2/c1-22-18(24)13-7-6-11(10-15(13)21-19(22)25)17(23)20-14-8-9-26-16-5-3-2-4-12(14)16/h2-7,10,14H,8-9H2,1H3,(H,20,23)(H,21,25). The topological polar surface area (TPSA) is 66.9 Å². The van der Waals surface area contributed by atoms with Crippen LogP contribution in [0.25, 0.3) is 10.9 Å². The summed E-state index contributed by atoms with van der Waals surface area (Å²) in [5.74, 6) is 0.821. The molecule has 1 amide bonds. The Bertz CT molecular complexity index is 1130. The fraction of sp³-hybridized carbons (Fsp3) is 0.211. The molecule has 132 valence electrons. The van der Waals surface area contributed by atoms with E-state index in [9.17, 15) is 9.59 Å². The van der Waals surface area contributed by atoms with Gasteiger partial charge in [-0.1, -0.05) is 18.2 Å². The minimum absolute atomic E-state index is 0.00205. The lowest BCUT2D eigenvalue weighted by Crippen LogP contribution is -2.30. The van der Waals surface area contributed by atoms with Crippen molar-refractivity contribution in [2.24, 2.45) is 7.05 Å². The van der Waals surface area contributed by atoms with Crippen molar-refractivity contribution in [1.29, 1.82) is 0 Å². The Balaban J connectivity index is 1.66. The predicted molar refractivity (Wildman–Crippen MR) is 106 cm³/mol. The summed E-state index contributed by atoms with van der Waals surface area (Å²) in [5, 5.41) is 3.63. The van der Waals surface area contributed by atoms with E-state index < -0.39 is 0 Å². The van der Waals surface area contributed by atoms with Crippen molar-refractivity contribution in [3.05, 3.63) is 68.7 Å². The third kappa shape index (κ3) is 2.97. The van der Waals surface area contributed by atoms with Crippen LogP contribution >= 0.6 is 24.0 Å². The molecule has 1 aliphatic rings. The molecule has 0 bridgehead atoms. The van der Waals surface area contributed by atoms with Crippen LogP contribution in [0.4, 0.5) is 0 Å². The maximum Gasteiger partial charge on any atom is 0.261 e. The van der Waals surface area contributed by atoms with E-state index in [2.05, 4.69) is 22.4 Å². The fourth-order valence-corrected chi connectivity index (χ4v) is 4.50. The molecule has 1 aliphatic heterocycles. The summed E-state index contributed by atoms with van der Waals surface area (Å²) in [7, 11) is 1.62. The van der Waals surface area contributed by atoms with Gasteiger partial charge < -0.3 is 10.3 Å². The van der Waals surface area contributed by atoms with Gasteiger partial charge in [-0.05, 0) is 48.5 Å². The number of rotatable bonds is 2. The first-order chi connectivity index (χ1) is 12.5. The average molecular weight is 383 g/mol. The number of carbonyl (C=O) groups excluding carboxylic acids is 1. The minimum Gasteiger partial charge on any atom is -0.345 e. The Labute approximate surface area is 159 Å². The first-order valence-corrected chi connectivity index (χ1v) is 9.69. The van der Waals surface area contributed by atoms with E-state index in [-0.39, 0.29) is 17.5 Å². The van der Waals surface area contributed by atoms with Gasteiger partial charge in [0.15, 0.2) is 4.77 Å². The molecule has 0 spiro atoms. The molecule has 2 N–H and O–H groups in total. The van der Waals surface area contributed by atoms with Crippen molar-refractivity contribution in [3.63, 3.8) is 0 Å². The Morgan fingerprint density at radius 3 is 2.96 bits per heavy atom. The van der Waals surface area contributed by atoms with E-state index in [0.29, 0.717) is 21.2 Å². The van der Waals surface area contributed by atoms with Crippen molar-refractivity contribution < 1.29 is 4.79 Å². The first kappa shape index (κ1) is 17.1. The monoisotopic (exact) mass is 383 g/mol. The molecule has 7 heteroatoms.